The molecule has 1 saturated heterocycles. The zero-order valence-corrected chi connectivity index (χ0v) is 9.60. The van der Waals surface area contributed by atoms with Crippen molar-refractivity contribution in [2.45, 2.75) is 13.0 Å². The Labute approximate surface area is 93.2 Å². The molecule has 7 nitrogen and oxygen atoms in total. The van der Waals surface area contributed by atoms with Gasteiger partial charge in [-0.15, -0.1) is 0 Å². The summed E-state index contributed by atoms with van der Waals surface area (Å²) in [7, 11) is 3.67. The summed E-state index contributed by atoms with van der Waals surface area (Å²) < 4.78 is 1.76. The first-order chi connectivity index (χ1) is 7.52. The molecule has 7 heteroatoms. The first-order valence-corrected chi connectivity index (χ1v) is 5.13. The molecule has 0 bridgehead atoms. The van der Waals surface area contributed by atoms with Gasteiger partial charge >= 0.3 is 5.82 Å². The fourth-order valence-electron chi connectivity index (χ4n) is 1.82. The Bertz CT molecular complexity index is 424. The van der Waals surface area contributed by atoms with Crippen LogP contribution in [0.1, 0.15) is 5.82 Å². The van der Waals surface area contributed by atoms with E-state index in [2.05, 4.69) is 10.3 Å². The van der Waals surface area contributed by atoms with Crippen molar-refractivity contribution in [3.63, 3.8) is 0 Å². The van der Waals surface area contributed by atoms with E-state index >= 15 is 0 Å². The lowest BCUT2D eigenvalue weighted by molar-refractivity contribution is -0.388. The molecule has 1 aromatic rings. The van der Waals surface area contributed by atoms with Gasteiger partial charge in [0.15, 0.2) is 0 Å². The van der Waals surface area contributed by atoms with E-state index in [0.29, 0.717) is 17.7 Å². The number of hydrogen-bond acceptors (Lipinski definition) is 5. The topological polar surface area (TPSA) is 76.2 Å². The lowest BCUT2D eigenvalue weighted by Crippen LogP contribution is -2.56. The van der Waals surface area contributed by atoms with Gasteiger partial charge in [-0.3, -0.25) is 4.57 Å². The predicted octanol–water partition coefficient (Wildman–Crippen LogP) is 0.0447. The van der Waals surface area contributed by atoms with Crippen LogP contribution in [-0.4, -0.2) is 40.7 Å². The Hall–Kier alpha value is -1.63. The van der Waals surface area contributed by atoms with E-state index in [-0.39, 0.29) is 5.82 Å². The molecule has 0 atom stereocenters. The average molecular weight is 225 g/mol. The smallest absolute Gasteiger partial charge is 0.358 e. The van der Waals surface area contributed by atoms with Crippen LogP contribution in [0.15, 0.2) is 0 Å². The molecule has 1 aliphatic rings. The summed E-state index contributed by atoms with van der Waals surface area (Å²) in [5.74, 6) is 1.17. The number of nitrogens with one attached hydrogen (secondary N) is 1. The van der Waals surface area contributed by atoms with Gasteiger partial charge in [0.25, 0.3) is 0 Å². The highest BCUT2D eigenvalue weighted by atomic mass is 16.6. The molecule has 0 unspecified atom stereocenters. The summed E-state index contributed by atoms with van der Waals surface area (Å²) in [6, 6.07) is 0.313. The summed E-state index contributed by atoms with van der Waals surface area (Å²) in [5, 5.41) is 14.1. The van der Waals surface area contributed by atoms with Crippen molar-refractivity contribution in [2.75, 3.05) is 25.0 Å². The fourth-order valence-corrected chi connectivity index (χ4v) is 1.82. The summed E-state index contributed by atoms with van der Waals surface area (Å²) in [6.45, 7) is 3.49. The standard InChI is InChI=1S/C9H15N5O2/c1-6-11-8(14(15)16)9(12(6)2)13(3)7-4-10-5-7/h7,10H,4-5H2,1-3H3. The van der Waals surface area contributed by atoms with Crippen LogP contribution in [0.5, 0.6) is 0 Å². The second-order valence-electron chi connectivity index (χ2n) is 4.05. The highest BCUT2D eigenvalue weighted by molar-refractivity contribution is 5.56. The molecule has 0 radical (unpaired) electrons. The Morgan fingerprint density at radius 1 is 1.62 bits per heavy atom. The minimum Gasteiger partial charge on any atom is -0.358 e. The van der Waals surface area contributed by atoms with Crippen LogP contribution in [0, 0.1) is 17.0 Å². The van der Waals surface area contributed by atoms with E-state index in [1.54, 1.807) is 18.5 Å². The van der Waals surface area contributed by atoms with E-state index < -0.39 is 4.92 Å². The Morgan fingerprint density at radius 2 is 2.25 bits per heavy atom. The van der Waals surface area contributed by atoms with Crippen molar-refractivity contribution in [1.82, 2.24) is 14.9 Å². The van der Waals surface area contributed by atoms with Crippen molar-refractivity contribution in [1.29, 1.82) is 0 Å². The van der Waals surface area contributed by atoms with E-state index in [1.807, 2.05) is 11.9 Å². The first-order valence-electron chi connectivity index (χ1n) is 5.13. The van der Waals surface area contributed by atoms with Crippen molar-refractivity contribution >= 4 is 11.6 Å². The second-order valence-corrected chi connectivity index (χ2v) is 4.05. The molecule has 1 fully saturated rings. The number of aromatic nitrogens is 2. The van der Waals surface area contributed by atoms with Crippen LogP contribution in [0.25, 0.3) is 0 Å². The van der Waals surface area contributed by atoms with E-state index in [9.17, 15) is 10.1 Å². The molecular weight excluding hydrogens is 210 g/mol. The molecule has 0 amide bonds. The largest absolute Gasteiger partial charge is 0.406 e. The zero-order chi connectivity index (χ0) is 11.9. The van der Waals surface area contributed by atoms with Crippen molar-refractivity contribution in [3.8, 4) is 0 Å². The van der Waals surface area contributed by atoms with Crippen LogP contribution in [-0.2, 0) is 7.05 Å². The Kier molecular flexibility index (Phi) is 2.55. The number of likely N-dealkylation sites (N-methyl/N-ethyl adjacent to an activating group) is 1. The van der Waals surface area contributed by atoms with Crippen LogP contribution in [0.3, 0.4) is 0 Å². The molecule has 2 heterocycles. The van der Waals surface area contributed by atoms with Crippen molar-refractivity contribution < 1.29 is 4.92 Å². The Balaban J connectivity index is 2.40. The van der Waals surface area contributed by atoms with Gasteiger partial charge in [0.1, 0.15) is 0 Å². The third kappa shape index (κ3) is 1.53. The number of nitrogens with zero attached hydrogens (tertiary/aromatic N) is 4. The minimum absolute atomic E-state index is 0.0607. The molecule has 1 aliphatic heterocycles. The first kappa shape index (κ1) is 10.9. The highest BCUT2D eigenvalue weighted by Gasteiger charge is 2.32. The lowest BCUT2D eigenvalue weighted by Gasteiger charge is -2.36. The van der Waals surface area contributed by atoms with E-state index in [1.165, 1.54) is 0 Å². The van der Waals surface area contributed by atoms with Crippen molar-refractivity contribution in [2.24, 2.45) is 7.05 Å². The van der Waals surface area contributed by atoms with E-state index in [0.717, 1.165) is 13.1 Å². The van der Waals surface area contributed by atoms with Crippen LogP contribution >= 0.6 is 0 Å². The summed E-state index contributed by atoms with van der Waals surface area (Å²) >= 11 is 0. The third-order valence-corrected chi connectivity index (χ3v) is 3.09. The number of imidazole rings is 1. The minimum atomic E-state index is -0.426. The van der Waals surface area contributed by atoms with Gasteiger partial charge < -0.3 is 20.3 Å². The molecule has 88 valence electrons. The van der Waals surface area contributed by atoms with Gasteiger partial charge in [-0.05, 0) is 9.91 Å². The third-order valence-electron chi connectivity index (χ3n) is 3.09. The number of rotatable bonds is 3. The van der Waals surface area contributed by atoms with Gasteiger partial charge in [0, 0.05) is 34.1 Å². The fraction of sp³-hybridized carbons (Fsp3) is 0.667. The summed E-state index contributed by atoms with van der Waals surface area (Å²) in [5.41, 5.74) is 0. The average Bonchev–Trinajstić information content (AvgIpc) is 2.40. The predicted molar refractivity (Wildman–Crippen MR) is 59.7 cm³/mol. The maximum absolute atomic E-state index is 10.9. The maximum Gasteiger partial charge on any atom is 0.406 e. The SMILES string of the molecule is Cc1nc([N+](=O)[O-])c(N(C)C2CNC2)n1C. The quantitative estimate of drug-likeness (QED) is 0.581. The normalized spacial score (nSPS) is 15.9. The van der Waals surface area contributed by atoms with Gasteiger partial charge in [-0.1, -0.05) is 0 Å². The molecule has 0 aromatic carbocycles. The molecule has 1 N–H and O–H groups in total. The molecule has 0 aliphatic carbocycles. The highest BCUT2D eigenvalue weighted by Crippen LogP contribution is 2.28. The molecule has 1 aromatic heterocycles. The number of nitro groups is 1. The van der Waals surface area contributed by atoms with Crippen molar-refractivity contribution in [3.05, 3.63) is 15.9 Å². The van der Waals surface area contributed by atoms with Gasteiger partial charge in [-0.2, -0.15) is 0 Å². The van der Waals surface area contributed by atoms with Gasteiger partial charge in [-0.25, -0.2) is 0 Å². The molecular formula is C9H15N5O2. The number of aryl methyl sites for hydroxylation is 1. The molecule has 0 spiro atoms. The number of anilines is 1. The van der Waals surface area contributed by atoms with Crippen LogP contribution in [0.2, 0.25) is 0 Å². The second kappa shape index (κ2) is 3.75. The summed E-state index contributed by atoms with van der Waals surface area (Å²) in [4.78, 5) is 16.4. The van der Waals surface area contributed by atoms with Crippen LogP contribution < -0.4 is 10.2 Å². The van der Waals surface area contributed by atoms with Crippen LogP contribution in [0.4, 0.5) is 11.6 Å². The van der Waals surface area contributed by atoms with Gasteiger partial charge in [0.05, 0.1) is 6.04 Å². The van der Waals surface area contributed by atoms with Gasteiger partial charge in [0.2, 0.25) is 11.6 Å². The molecule has 16 heavy (non-hydrogen) atoms. The maximum atomic E-state index is 10.9. The Morgan fingerprint density at radius 3 is 2.69 bits per heavy atom. The molecule has 0 saturated carbocycles. The van der Waals surface area contributed by atoms with E-state index in [4.69, 9.17) is 0 Å². The summed E-state index contributed by atoms with van der Waals surface area (Å²) in [6.07, 6.45) is 0. The monoisotopic (exact) mass is 225 g/mol. The number of hydrogen-bond donors (Lipinski definition) is 1. The zero-order valence-electron chi connectivity index (χ0n) is 9.60. The lowest BCUT2D eigenvalue weighted by atomic mass is 10.1. The molecule has 2 rings (SSSR count).